The van der Waals surface area contributed by atoms with Crippen molar-refractivity contribution in [2.24, 2.45) is 0 Å². The monoisotopic (exact) mass is 374 g/mol. The van der Waals surface area contributed by atoms with Crippen molar-refractivity contribution >= 4 is 17.7 Å². The third kappa shape index (κ3) is 4.52. The maximum Gasteiger partial charge on any atom is 0.344 e. The molecule has 0 radical (unpaired) electrons. The first-order chi connectivity index (χ1) is 12.9. The highest BCUT2D eigenvalue weighted by molar-refractivity contribution is 6.03. The van der Waals surface area contributed by atoms with Gasteiger partial charge in [-0.2, -0.15) is 0 Å². The Kier molecular flexibility index (Phi) is 6.70. The van der Waals surface area contributed by atoms with Gasteiger partial charge in [0.2, 0.25) is 11.7 Å². The molecule has 0 saturated carbocycles. The summed E-state index contributed by atoms with van der Waals surface area (Å²) >= 11 is 0. The van der Waals surface area contributed by atoms with Crippen LogP contribution in [0.25, 0.3) is 0 Å². The highest BCUT2D eigenvalue weighted by Crippen LogP contribution is 2.20. The molecule has 2 rings (SSSR count). The molecule has 0 aliphatic carbocycles. The highest BCUT2D eigenvalue weighted by atomic mass is 16.5. The van der Waals surface area contributed by atoms with Crippen LogP contribution in [0.1, 0.15) is 56.3 Å². The molecule has 2 aromatic heterocycles. The predicted molar refractivity (Wildman–Crippen MR) is 96.2 cm³/mol. The fraction of sp³-hybridized carbons (Fsp3) is 0.368. The van der Waals surface area contributed by atoms with Crippen LogP contribution in [0.15, 0.2) is 18.3 Å². The largest absolute Gasteiger partial charge is 0.477 e. The number of hydrogen-bond donors (Lipinski definition) is 1. The summed E-state index contributed by atoms with van der Waals surface area (Å²) in [5.74, 6) is -1.53. The predicted octanol–water partition coefficient (Wildman–Crippen LogP) is 2.64. The van der Waals surface area contributed by atoms with Gasteiger partial charge >= 0.3 is 11.9 Å². The summed E-state index contributed by atoms with van der Waals surface area (Å²) in [5.41, 5.74) is 1.64. The lowest BCUT2D eigenvalue weighted by atomic mass is 10.1. The number of ketones is 1. The van der Waals surface area contributed by atoms with Gasteiger partial charge in [-0.15, -0.1) is 0 Å². The minimum absolute atomic E-state index is 0.138. The van der Waals surface area contributed by atoms with Gasteiger partial charge < -0.3 is 19.2 Å². The first-order valence-corrected chi connectivity index (χ1v) is 8.55. The number of pyridine rings is 1. The van der Waals surface area contributed by atoms with Gasteiger partial charge in [0.1, 0.15) is 5.56 Å². The third-order valence-corrected chi connectivity index (χ3v) is 3.80. The van der Waals surface area contributed by atoms with Crippen LogP contribution in [0, 0.1) is 13.8 Å². The number of carbonyl (C=O) groups excluding carboxylic acids is 3. The Balaban J connectivity index is 2.12. The maximum absolute atomic E-state index is 12.5. The Labute approximate surface area is 156 Å². The molecule has 27 heavy (non-hydrogen) atoms. The minimum atomic E-state index is -0.716. The van der Waals surface area contributed by atoms with E-state index in [-0.39, 0.29) is 23.7 Å². The number of rotatable bonds is 8. The second kappa shape index (κ2) is 8.98. The normalized spacial score (nSPS) is 10.4. The lowest BCUT2D eigenvalue weighted by Gasteiger charge is -2.08. The smallest absolute Gasteiger partial charge is 0.344 e. The van der Waals surface area contributed by atoms with Crippen molar-refractivity contribution < 1.29 is 28.6 Å². The number of carbonyl (C=O) groups is 3. The number of aromatic nitrogens is 2. The van der Waals surface area contributed by atoms with Crippen LogP contribution in [0.2, 0.25) is 0 Å². The van der Waals surface area contributed by atoms with Gasteiger partial charge in [-0.1, -0.05) is 0 Å². The van der Waals surface area contributed by atoms with E-state index in [0.717, 1.165) is 0 Å². The van der Waals surface area contributed by atoms with E-state index in [1.54, 1.807) is 33.8 Å². The number of ether oxygens (including phenoxy) is 3. The van der Waals surface area contributed by atoms with Crippen LogP contribution in [0.4, 0.5) is 0 Å². The maximum atomic E-state index is 12.5. The van der Waals surface area contributed by atoms with Crippen molar-refractivity contribution in [1.82, 2.24) is 9.97 Å². The van der Waals surface area contributed by atoms with Crippen molar-refractivity contribution in [3.05, 3.63) is 46.4 Å². The molecule has 0 atom stereocenters. The van der Waals surface area contributed by atoms with Crippen molar-refractivity contribution in [1.29, 1.82) is 0 Å². The number of nitrogens with one attached hydrogen (secondary N) is 1. The summed E-state index contributed by atoms with van der Waals surface area (Å²) in [6.45, 7) is 6.87. The van der Waals surface area contributed by atoms with E-state index in [1.165, 1.54) is 12.3 Å². The Hall–Kier alpha value is -3.16. The van der Waals surface area contributed by atoms with Crippen molar-refractivity contribution in [2.75, 3.05) is 19.8 Å². The Bertz CT molecular complexity index is 856. The Morgan fingerprint density at radius 3 is 2.48 bits per heavy atom. The van der Waals surface area contributed by atoms with Crippen LogP contribution >= 0.6 is 0 Å². The number of hydrogen-bond acceptors (Lipinski definition) is 7. The topological polar surface area (TPSA) is 108 Å². The lowest BCUT2D eigenvalue weighted by molar-refractivity contribution is 0.0467. The molecule has 144 valence electrons. The van der Waals surface area contributed by atoms with Crippen LogP contribution in [0.3, 0.4) is 0 Å². The van der Waals surface area contributed by atoms with Gasteiger partial charge in [0.15, 0.2) is 6.61 Å². The molecule has 1 N–H and O–H groups in total. The van der Waals surface area contributed by atoms with E-state index in [4.69, 9.17) is 14.2 Å². The summed E-state index contributed by atoms with van der Waals surface area (Å²) in [5, 5.41) is 0. The molecule has 0 aromatic carbocycles. The van der Waals surface area contributed by atoms with Gasteiger partial charge in [-0.3, -0.25) is 4.79 Å². The number of Topliss-reactive ketones (excluding diaryl/α,β-unsaturated/α-hetero) is 1. The first-order valence-electron chi connectivity index (χ1n) is 8.55. The molecular weight excluding hydrogens is 352 g/mol. The molecule has 0 spiro atoms. The number of aryl methyl sites for hydroxylation is 1. The SMILES string of the molecule is CCOC(=O)c1c(C)[nH]c(C(=O)COC(=O)c2cccnc2OCC)c1C. The molecule has 0 amide bonds. The van der Waals surface area contributed by atoms with E-state index < -0.39 is 24.3 Å². The summed E-state index contributed by atoms with van der Waals surface area (Å²) in [6.07, 6.45) is 1.49. The number of nitrogens with zero attached hydrogens (tertiary/aromatic N) is 1. The molecule has 0 fully saturated rings. The molecule has 8 heteroatoms. The summed E-state index contributed by atoms with van der Waals surface area (Å²) in [4.78, 5) is 43.6. The van der Waals surface area contributed by atoms with E-state index in [0.29, 0.717) is 23.4 Å². The minimum Gasteiger partial charge on any atom is -0.477 e. The van der Waals surface area contributed by atoms with E-state index >= 15 is 0 Å². The second-order valence-corrected chi connectivity index (χ2v) is 5.63. The summed E-state index contributed by atoms with van der Waals surface area (Å²) in [6, 6.07) is 3.08. The van der Waals surface area contributed by atoms with E-state index in [1.807, 2.05) is 0 Å². The summed E-state index contributed by atoms with van der Waals surface area (Å²) in [7, 11) is 0. The molecule has 8 nitrogen and oxygen atoms in total. The molecule has 2 heterocycles. The lowest BCUT2D eigenvalue weighted by Crippen LogP contribution is -2.16. The molecule has 0 unspecified atom stereocenters. The van der Waals surface area contributed by atoms with Gasteiger partial charge in [-0.05, 0) is 45.4 Å². The highest BCUT2D eigenvalue weighted by Gasteiger charge is 2.24. The molecule has 0 aliphatic heterocycles. The van der Waals surface area contributed by atoms with E-state index in [2.05, 4.69) is 9.97 Å². The van der Waals surface area contributed by atoms with Gasteiger partial charge in [-0.25, -0.2) is 14.6 Å². The average molecular weight is 374 g/mol. The zero-order valence-corrected chi connectivity index (χ0v) is 15.8. The molecular formula is C19H22N2O6. The zero-order valence-electron chi connectivity index (χ0n) is 15.8. The Morgan fingerprint density at radius 2 is 1.81 bits per heavy atom. The van der Waals surface area contributed by atoms with Gasteiger partial charge in [0.25, 0.3) is 0 Å². The standard InChI is InChI=1S/C19H22N2O6/c1-5-25-17-13(8-7-9-20-17)18(23)27-10-14(22)16-11(3)15(12(4)21-16)19(24)26-6-2/h7-9,21H,5-6,10H2,1-4H3. The van der Waals surface area contributed by atoms with Gasteiger partial charge in [0.05, 0.1) is 24.5 Å². The fourth-order valence-electron chi connectivity index (χ4n) is 2.62. The van der Waals surface area contributed by atoms with Crippen LogP contribution in [-0.2, 0) is 9.47 Å². The fourth-order valence-corrected chi connectivity index (χ4v) is 2.62. The van der Waals surface area contributed by atoms with E-state index in [9.17, 15) is 14.4 Å². The molecule has 0 bridgehead atoms. The second-order valence-electron chi connectivity index (χ2n) is 5.63. The Morgan fingerprint density at radius 1 is 1.07 bits per heavy atom. The average Bonchev–Trinajstić information content (AvgIpc) is 2.94. The van der Waals surface area contributed by atoms with Crippen LogP contribution < -0.4 is 4.74 Å². The van der Waals surface area contributed by atoms with Crippen LogP contribution in [0.5, 0.6) is 5.88 Å². The van der Waals surface area contributed by atoms with Crippen molar-refractivity contribution in [2.45, 2.75) is 27.7 Å². The first kappa shape index (κ1) is 20.2. The number of aromatic amines is 1. The van der Waals surface area contributed by atoms with Gasteiger partial charge in [0, 0.05) is 11.9 Å². The molecule has 0 aliphatic rings. The number of H-pyrrole nitrogens is 1. The van der Waals surface area contributed by atoms with Crippen LogP contribution in [-0.4, -0.2) is 47.5 Å². The van der Waals surface area contributed by atoms with Crippen molar-refractivity contribution in [3.63, 3.8) is 0 Å². The molecule has 2 aromatic rings. The van der Waals surface area contributed by atoms with Crippen molar-refractivity contribution in [3.8, 4) is 5.88 Å². The number of esters is 2. The summed E-state index contributed by atoms with van der Waals surface area (Å²) < 4.78 is 15.4. The molecule has 0 saturated heterocycles. The quantitative estimate of drug-likeness (QED) is 0.559. The zero-order chi connectivity index (χ0) is 20.0. The third-order valence-electron chi connectivity index (χ3n) is 3.80.